The van der Waals surface area contributed by atoms with Crippen molar-refractivity contribution < 1.29 is 0 Å². The van der Waals surface area contributed by atoms with Crippen LogP contribution in [0.25, 0.3) is 0 Å². The minimum Gasteiger partial charge on any atom is -0.330 e. The second-order valence-corrected chi connectivity index (χ2v) is 5.02. The van der Waals surface area contributed by atoms with E-state index in [1.807, 2.05) is 13.1 Å². The summed E-state index contributed by atoms with van der Waals surface area (Å²) < 4.78 is 2.16. The van der Waals surface area contributed by atoms with Crippen molar-refractivity contribution in [3.63, 3.8) is 0 Å². The standard InChI is InChI=1S/C10H14Br2N2/c1-14-6-8(5-13)7-2-9(11)4-10(12)3-7/h2-4,8,14H,5-6,13H2,1H3. The zero-order valence-corrected chi connectivity index (χ0v) is 11.2. The minimum atomic E-state index is 0.369. The van der Waals surface area contributed by atoms with Crippen LogP contribution in [0.1, 0.15) is 11.5 Å². The molecule has 0 fully saturated rings. The molecule has 1 rings (SSSR count). The summed E-state index contributed by atoms with van der Waals surface area (Å²) in [6.45, 7) is 1.56. The summed E-state index contributed by atoms with van der Waals surface area (Å²) >= 11 is 6.94. The van der Waals surface area contributed by atoms with Gasteiger partial charge >= 0.3 is 0 Å². The van der Waals surface area contributed by atoms with Crippen molar-refractivity contribution in [3.05, 3.63) is 32.7 Å². The van der Waals surface area contributed by atoms with Crippen molar-refractivity contribution in [1.29, 1.82) is 0 Å². The Morgan fingerprint density at radius 2 is 1.86 bits per heavy atom. The second kappa shape index (κ2) is 5.85. The van der Waals surface area contributed by atoms with Crippen molar-refractivity contribution in [2.24, 2.45) is 5.73 Å². The molecule has 4 heteroatoms. The highest BCUT2D eigenvalue weighted by Gasteiger charge is 2.09. The Labute approximate surface area is 102 Å². The van der Waals surface area contributed by atoms with Crippen molar-refractivity contribution in [1.82, 2.24) is 5.32 Å². The largest absolute Gasteiger partial charge is 0.330 e. The van der Waals surface area contributed by atoms with Gasteiger partial charge in [0.15, 0.2) is 0 Å². The highest BCUT2D eigenvalue weighted by atomic mass is 79.9. The summed E-state index contributed by atoms with van der Waals surface area (Å²) in [6.07, 6.45) is 0. The molecule has 0 heterocycles. The van der Waals surface area contributed by atoms with Gasteiger partial charge in [0.25, 0.3) is 0 Å². The number of halogens is 2. The van der Waals surface area contributed by atoms with E-state index in [0.717, 1.165) is 15.5 Å². The Balaban J connectivity index is 2.91. The third-order valence-electron chi connectivity index (χ3n) is 2.09. The maximum Gasteiger partial charge on any atom is 0.0189 e. The molecule has 0 saturated heterocycles. The fraction of sp³-hybridized carbons (Fsp3) is 0.400. The zero-order valence-electron chi connectivity index (χ0n) is 8.06. The summed E-state index contributed by atoms with van der Waals surface area (Å²) in [5.74, 6) is 0.369. The number of hydrogen-bond acceptors (Lipinski definition) is 2. The van der Waals surface area contributed by atoms with Crippen molar-refractivity contribution in [2.45, 2.75) is 5.92 Å². The molecule has 0 aromatic heterocycles. The average molecular weight is 322 g/mol. The molecule has 1 aromatic rings. The summed E-state index contributed by atoms with van der Waals surface area (Å²) in [5.41, 5.74) is 6.97. The van der Waals surface area contributed by atoms with Crippen molar-refractivity contribution >= 4 is 31.9 Å². The Hall–Kier alpha value is 0.1000. The second-order valence-electron chi connectivity index (χ2n) is 3.19. The molecule has 0 saturated carbocycles. The molecule has 0 spiro atoms. The van der Waals surface area contributed by atoms with Gasteiger partial charge in [-0.15, -0.1) is 0 Å². The molecule has 14 heavy (non-hydrogen) atoms. The van der Waals surface area contributed by atoms with Gasteiger partial charge in [-0.3, -0.25) is 0 Å². The van der Waals surface area contributed by atoms with Gasteiger partial charge in [-0.25, -0.2) is 0 Å². The van der Waals surface area contributed by atoms with Crippen LogP contribution in [-0.2, 0) is 0 Å². The maximum absolute atomic E-state index is 5.72. The van der Waals surface area contributed by atoms with E-state index in [0.29, 0.717) is 12.5 Å². The fourth-order valence-corrected chi connectivity index (χ4v) is 2.72. The normalized spacial score (nSPS) is 12.9. The quantitative estimate of drug-likeness (QED) is 0.894. The molecule has 0 aliphatic carbocycles. The summed E-state index contributed by atoms with van der Waals surface area (Å²) in [7, 11) is 1.94. The molecule has 0 amide bonds. The molecule has 1 aromatic carbocycles. The molecular weight excluding hydrogens is 308 g/mol. The van der Waals surface area contributed by atoms with E-state index in [1.165, 1.54) is 5.56 Å². The van der Waals surface area contributed by atoms with Gasteiger partial charge in [0, 0.05) is 28.0 Å². The Morgan fingerprint density at radius 1 is 1.29 bits per heavy atom. The van der Waals surface area contributed by atoms with Crippen LogP contribution in [0.15, 0.2) is 27.1 Å². The van der Waals surface area contributed by atoms with Crippen LogP contribution in [0.2, 0.25) is 0 Å². The van der Waals surface area contributed by atoms with E-state index in [1.54, 1.807) is 0 Å². The Bertz CT molecular complexity index is 282. The van der Waals surface area contributed by atoms with E-state index in [9.17, 15) is 0 Å². The first-order chi connectivity index (χ1) is 6.67. The third-order valence-corrected chi connectivity index (χ3v) is 3.01. The van der Waals surface area contributed by atoms with E-state index in [4.69, 9.17) is 5.73 Å². The van der Waals surface area contributed by atoms with Gasteiger partial charge in [-0.05, 0) is 30.8 Å². The smallest absolute Gasteiger partial charge is 0.0189 e. The number of hydrogen-bond donors (Lipinski definition) is 2. The van der Waals surface area contributed by atoms with Crippen molar-refractivity contribution in [3.8, 4) is 0 Å². The summed E-state index contributed by atoms with van der Waals surface area (Å²) in [4.78, 5) is 0. The Kier molecular flexibility index (Phi) is 5.09. The van der Waals surface area contributed by atoms with Gasteiger partial charge in [0.05, 0.1) is 0 Å². The third kappa shape index (κ3) is 3.35. The average Bonchev–Trinajstić information content (AvgIpc) is 2.12. The lowest BCUT2D eigenvalue weighted by molar-refractivity contribution is 0.636. The molecule has 0 bridgehead atoms. The molecule has 78 valence electrons. The number of likely N-dealkylation sites (N-methyl/N-ethyl adjacent to an activating group) is 1. The maximum atomic E-state index is 5.72. The molecule has 0 radical (unpaired) electrons. The van der Waals surface area contributed by atoms with Crippen LogP contribution in [0.5, 0.6) is 0 Å². The first kappa shape index (κ1) is 12.2. The highest BCUT2D eigenvalue weighted by Crippen LogP contribution is 2.24. The number of rotatable bonds is 4. The van der Waals surface area contributed by atoms with Crippen LogP contribution >= 0.6 is 31.9 Å². The SMILES string of the molecule is CNCC(CN)c1cc(Br)cc(Br)c1. The molecule has 1 atom stereocenters. The fourth-order valence-electron chi connectivity index (χ4n) is 1.39. The van der Waals surface area contributed by atoms with Crippen LogP contribution in [-0.4, -0.2) is 20.1 Å². The molecule has 3 N–H and O–H groups in total. The van der Waals surface area contributed by atoms with Gasteiger partial charge < -0.3 is 11.1 Å². The predicted octanol–water partition coefficient (Wildman–Crippen LogP) is 2.47. The molecule has 0 aliphatic rings. The van der Waals surface area contributed by atoms with Crippen LogP contribution in [0.4, 0.5) is 0 Å². The van der Waals surface area contributed by atoms with Crippen LogP contribution in [0.3, 0.4) is 0 Å². The number of benzene rings is 1. The van der Waals surface area contributed by atoms with Crippen LogP contribution in [0, 0.1) is 0 Å². The first-order valence-electron chi connectivity index (χ1n) is 4.48. The topological polar surface area (TPSA) is 38.0 Å². The van der Waals surface area contributed by atoms with E-state index >= 15 is 0 Å². The van der Waals surface area contributed by atoms with Gasteiger partial charge in [-0.2, -0.15) is 0 Å². The number of nitrogens with two attached hydrogens (primary N) is 1. The minimum absolute atomic E-state index is 0.369. The lowest BCUT2D eigenvalue weighted by Gasteiger charge is -2.15. The van der Waals surface area contributed by atoms with E-state index < -0.39 is 0 Å². The van der Waals surface area contributed by atoms with Crippen LogP contribution < -0.4 is 11.1 Å². The van der Waals surface area contributed by atoms with E-state index in [2.05, 4.69) is 49.3 Å². The lowest BCUT2D eigenvalue weighted by Crippen LogP contribution is -2.23. The monoisotopic (exact) mass is 320 g/mol. The molecule has 1 unspecified atom stereocenters. The Morgan fingerprint density at radius 3 is 2.29 bits per heavy atom. The van der Waals surface area contributed by atoms with Gasteiger partial charge in [0.2, 0.25) is 0 Å². The molecule has 2 nitrogen and oxygen atoms in total. The number of nitrogens with one attached hydrogen (secondary N) is 1. The zero-order chi connectivity index (χ0) is 10.6. The predicted molar refractivity (Wildman–Crippen MR) is 67.6 cm³/mol. The summed E-state index contributed by atoms with van der Waals surface area (Å²) in [6, 6.07) is 6.25. The molecule has 0 aliphatic heterocycles. The summed E-state index contributed by atoms with van der Waals surface area (Å²) in [5, 5.41) is 3.15. The molecular formula is C10H14Br2N2. The first-order valence-corrected chi connectivity index (χ1v) is 6.06. The van der Waals surface area contributed by atoms with Gasteiger partial charge in [0.1, 0.15) is 0 Å². The van der Waals surface area contributed by atoms with E-state index in [-0.39, 0.29) is 0 Å². The van der Waals surface area contributed by atoms with Gasteiger partial charge in [-0.1, -0.05) is 31.9 Å². The van der Waals surface area contributed by atoms with Crippen molar-refractivity contribution in [2.75, 3.05) is 20.1 Å². The lowest BCUT2D eigenvalue weighted by atomic mass is 9.99. The highest BCUT2D eigenvalue weighted by molar-refractivity contribution is 9.11.